The zero-order valence-corrected chi connectivity index (χ0v) is 11.5. The average Bonchev–Trinajstić information content (AvgIpc) is 2.87. The molecule has 2 aliphatic rings. The molecule has 0 aromatic carbocycles. The van der Waals surface area contributed by atoms with Gasteiger partial charge in [-0.1, -0.05) is 13.8 Å². The summed E-state index contributed by atoms with van der Waals surface area (Å²) < 4.78 is 0. The van der Waals surface area contributed by atoms with E-state index in [2.05, 4.69) is 5.32 Å². The number of carbonyl (C=O) groups is 3. The first kappa shape index (κ1) is 13.8. The summed E-state index contributed by atoms with van der Waals surface area (Å²) in [6, 6.07) is -0.0685. The number of amides is 2. The van der Waals surface area contributed by atoms with Crippen molar-refractivity contribution in [1.29, 1.82) is 0 Å². The third kappa shape index (κ3) is 2.43. The predicted molar refractivity (Wildman–Crippen MR) is 67.2 cm³/mol. The van der Waals surface area contributed by atoms with Crippen LogP contribution in [0.4, 0.5) is 0 Å². The summed E-state index contributed by atoms with van der Waals surface area (Å²) >= 11 is 0. The summed E-state index contributed by atoms with van der Waals surface area (Å²) in [6.07, 6.45) is 1.05. The van der Waals surface area contributed by atoms with Crippen LogP contribution in [0, 0.1) is 17.3 Å². The molecular weight excluding hydrogens is 248 g/mol. The predicted octanol–water partition coefficient (Wildman–Crippen LogP) is 0.0802. The Morgan fingerprint density at radius 1 is 1.37 bits per heavy atom. The molecule has 2 N–H and O–H groups in total. The van der Waals surface area contributed by atoms with Gasteiger partial charge in [0, 0.05) is 26.1 Å². The van der Waals surface area contributed by atoms with Crippen LogP contribution < -0.4 is 5.32 Å². The molecule has 0 radical (unpaired) electrons. The summed E-state index contributed by atoms with van der Waals surface area (Å²) in [4.78, 5) is 36.1. The van der Waals surface area contributed by atoms with Gasteiger partial charge in [0.15, 0.2) is 0 Å². The second kappa shape index (κ2) is 4.51. The van der Waals surface area contributed by atoms with Gasteiger partial charge in [0.1, 0.15) is 0 Å². The number of piperidine rings is 1. The second-order valence-electron chi connectivity index (χ2n) is 6.13. The fourth-order valence-corrected chi connectivity index (χ4v) is 3.01. The Bertz CT molecular complexity index is 432. The molecule has 0 bridgehead atoms. The maximum atomic E-state index is 12.1. The maximum Gasteiger partial charge on any atom is 0.307 e. The molecule has 1 aliphatic heterocycles. The first-order valence-corrected chi connectivity index (χ1v) is 6.52. The summed E-state index contributed by atoms with van der Waals surface area (Å²) in [7, 11) is 1.71. The van der Waals surface area contributed by atoms with Gasteiger partial charge in [-0.3, -0.25) is 14.4 Å². The molecule has 6 heteroatoms. The van der Waals surface area contributed by atoms with Gasteiger partial charge in [0.05, 0.1) is 11.8 Å². The Labute approximate surface area is 112 Å². The molecule has 19 heavy (non-hydrogen) atoms. The van der Waals surface area contributed by atoms with Gasteiger partial charge in [-0.05, 0) is 11.8 Å². The van der Waals surface area contributed by atoms with Gasteiger partial charge in [-0.25, -0.2) is 0 Å². The lowest BCUT2D eigenvalue weighted by Crippen LogP contribution is -2.49. The van der Waals surface area contributed by atoms with Crippen molar-refractivity contribution in [2.75, 3.05) is 13.6 Å². The van der Waals surface area contributed by atoms with E-state index < -0.39 is 23.2 Å². The van der Waals surface area contributed by atoms with E-state index in [-0.39, 0.29) is 17.9 Å². The number of hydrogen-bond acceptors (Lipinski definition) is 3. The van der Waals surface area contributed by atoms with E-state index >= 15 is 0 Å². The highest BCUT2D eigenvalue weighted by Crippen LogP contribution is 2.58. The molecule has 0 aromatic rings. The van der Waals surface area contributed by atoms with Crippen molar-refractivity contribution in [3.8, 4) is 0 Å². The molecule has 1 saturated carbocycles. The Morgan fingerprint density at radius 3 is 2.47 bits per heavy atom. The van der Waals surface area contributed by atoms with Crippen molar-refractivity contribution < 1.29 is 19.5 Å². The molecule has 0 spiro atoms. The minimum Gasteiger partial charge on any atom is -0.481 e. The standard InChI is InChI=1S/C13H20N2O4/c1-13(2)9(10(13)12(18)19)11(17)14-7-4-5-8(16)15(3)6-7/h7,9-10H,4-6H2,1-3H3,(H,14,17)(H,18,19). The van der Waals surface area contributed by atoms with Crippen LogP contribution in [0.1, 0.15) is 26.7 Å². The lowest BCUT2D eigenvalue weighted by molar-refractivity contribution is -0.140. The van der Waals surface area contributed by atoms with E-state index in [9.17, 15) is 14.4 Å². The maximum absolute atomic E-state index is 12.1. The molecule has 6 nitrogen and oxygen atoms in total. The number of nitrogens with zero attached hydrogens (tertiary/aromatic N) is 1. The van der Waals surface area contributed by atoms with Gasteiger partial charge in [-0.2, -0.15) is 0 Å². The molecule has 0 aromatic heterocycles. The van der Waals surface area contributed by atoms with Gasteiger partial charge < -0.3 is 15.3 Å². The Kier molecular flexibility index (Phi) is 3.28. The quantitative estimate of drug-likeness (QED) is 0.759. The Hall–Kier alpha value is -1.59. The SMILES string of the molecule is CN1CC(NC(=O)C2C(C(=O)O)C2(C)C)CCC1=O. The minimum atomic E-state index is -0.916. The number of rotatable bonds is 3. The number of nitrogens with one attached hydrogen (secondary N) is 1. The van der Waals surface area contributed by atoms with Crippen molar-refractivity contribution >= 4 is 17.8 Å². The van der Waals surface area contributed by atoms with Crippen molar-refractivity contribution in [3.63, 3.8) is 0 Å². The minimum absolute atomic E-state index is 0.0685. The van der Waals surface area contributed by atoms with Gasteiger partial charge in [0.25, 0.3) is 0 Å². The smallest absolute Gasteiger partial charge is 0.307 e. The third-order valence-electron chi connectivity index (χ3n) is 4.35. The topological polar surface area (TPSA) is 86.7 Å². The van der Waals surface area contributed by atoms with Crippen molar-refractivity contribution in [1.82, 2.24) is 10.2 Å². The first-order valence-electron chi connectivity index (χ1n) is 6.52. The number of carboxylic acid groups (broad SMARTS) is 1. The van der Waals surface area contributed by atoms with Gasteiger partial charge in [0.2, 0.25) is 11.8 Å². The molecule has 3 unspecified atom stereocenters. The monoisotopic (exact) mass is 268 g/mol. The molecule has 1 aliphatic carbocycles. The zero-order valence-electron chi connectivity index (χ0n) is 11.5. The number of carboxylic acids is 1. The van der Waals surface area contributed by atoms with E-state index in [1.54, 1.807) is 25.8 Å². The molecule has 1 heterocycles. The van der Waals surface area contributed by atoms with Crippen LogP contribution in [0.15, 0.2) is 0 Å². The highest BCUT2D eigenvalue weighted by Gasteiger charge is 2.66. The molecule has 3 atom stereocenters. The summed E-state index contributed by atoms with van der Waals surface area (Å²) in [5.74, 6) is -2.10. The lowest BCUT2D eigenvalue weighted by Gasteiger charge is -2.30. The Morgan fingerprint density at radius 2 is 2.00 bits per heavy atom. The summed E-state index contributed by atoms with van der Waals surface area (Å²) in [5, 5.41) is 11.9. The normalized spacial score (nSPS) is 32.9. The molecule has 2 fully saturated rings. The van der Waals surface area contributed by atoms with Crippen molar-refractivity contribution in [2.24, 2.45) is 17.3 Å². The van der Waals surface area contributed by atoms with E-state index in [0.717, 1.165) is 0 Å². The number of aliphatic carboxylic acids is 1. The fraction of sp³-hybridized carbons (Fsp3) is 0.769. The highest BCUT2D eigenvalue weighted by molar-refractivity contribution is 5.92. The molecular formula is C13H20N2O4. The van der Waals surface area contributed by atoms with Crippen LogP contribution in [0.3, 0.4) is 0 Å². The summed E-state index contributed by atoms with van der Waals surface area (Å²) in [6.45, 7) is 4.09. The van der Waals surface area contributed by atoms with Crippen LogP contribution in [0.25, 0.3) is 0 Å². The fourth-order valence-electron chi connectivity index (χ4n) is 3.01. The Balaban J connectivity index is 1.93. The summed E-state index contributed by atoms with van der Waals surface area (Å²) in [5.41, 5.74) is -0.480. The van der Waals surface area contributed by atoms with Gasteiger partial charge in [-0.15, -0.1) is 0 Å². The molecule has 106 valence electrons. The van der Waals surface area contributed by atoms with Crippen LogP contribution in [-0.2, 0) is 14.4 Å². The number of likely N-dealkylation sites (tertiary alicyclic amines) is 1. The second-order valence-corrected chi connectivity index (χ2v) is 6.13. The van der Waals surface area contributed by atoms with E-state index in [1.807, 2.05) is 0 Å². The molecule has 2 amide bonds. The lowest BCUT2D eigenvalue weighted by atomic mass is 10.0. The van der Waals surface area contributed by atoms with Crippen molar-refractivity contribution in [2.45, 2.75) is 32.7 Å². The molecule has 1 saturated heterocycles. The van der Waals surface area contributed by atoms with E-state index in [0.29, 0.717) is 19.4 Å². The van der Waals surface area contributed by atoms with Crippen LogP contribution in [-0.4, -0.2) is 47.4 Å². The van der Waals surface area contributed by atoms with Crippen LogP contribution in [0.2, 0.25) is 0 Å². The number of hydrogen-bond donors (Lipinski definition) is 2. The third-order valence-corrected chi connectivity index (χ3v) is 4.35. The van der Waals surface area contributed by atoms with E-state index in [1.165, 1.54) is 0 Å². The first-order chi connectivity index (χ1) is 8.75. The highest BCUT2D eigenvalue weighted by atomic mass is 16.4. The molecule has 2 rings (SSSR count). The van der Waals surface area contributed by atoms with E-state index in [4.69, 9.17) is 5.11 Å². The van der Waals surface area contributed by atoms with Gasteiger partial charge >= 0.3 is 5.97 Å². The van der Waals surface area contributed by atoms with Crippen LogP contribution in [0.5, 0.6) is 0 Å². The van der Waals surface area contributed by atoms with Crippen molar-refractivity contribution in [3.05, 3.63) is 0 Å². The largest absolute Gasteiger partial charge is 0.481 e. The van der Waals surface area contributed by atoms with Crippen LogP contribution >= 0.6 is 0 Å². The zero-order chi connectivity index (χ0) is 14.4. The number of likely N-dealkylation sites (N-methyl/N-ethyl adjacent to an activating group) is 1. The average molecular weight is 268 g/mol. The number of carbonyl (C=O) groups excluding carboxylic acids is 2.